The zero-order chi connectivity index (χ0) is 20.3. The molecule has 9 heteroatoms. The second kappa shape index (κ2) is 8.26. The smallest absolute Gasteiger partial charge is 0.271 e. The Hall–Kier alpha value is -2.49. The van der Waals surface area contributed by atoms with Gasteiger partial charge in [-0.15, -0.1) is 0 Å². The lowest BCUT2D eigenvalue weighted by Gasteiger charge is -2.34. The third kappa shape index (κ3) is 4.16. The first kappa shape index (κ1) is 20.2. The van der Waals surface area contributed by atoms with Crippen molar-refractivity contribution in [3.05, 3.63) is 63.7 Å². The molecule has 150 valence electrons. The van der Waals surface area contributed by atoms with Crippen LogP contribution in [0.2, 0.25) is 0 Å². The molecule has 0 saturated carbocycles. The van der Waals surface area contributed by atoms with Crippen molar-refractivity contribution >= 4 is 15.7 Å². The van der Waals surface area contributed by atoms with Gasteiger partial charge < -0.3 is 4.74 Å². The summed E-state index contributed by atoms with van der Waals surface area (Å²) < 4.78 is 32.6. The number of ether oxygens (including phenoxy) is 1. The third-order valence-corrected chi connectivity index (χ3v) is 6.88. The number of methoxy groups -OCH3 is 1. The van der Waals surface area contributed by atoms with E-state index in [2.05, 4.69) is 24.0 Å². The number of nitro benzene ring substituents is 1. The zero-order valence-corrected chi connectivity index (χ0v) is 16.7. The van der Waals surface area contributed by atoms with Crippen molar-refractivity contribution in [3.8, 4) is 5.75 Å². The second-order valence-electron chi connectivity index (χ2n) is 6.70. The molecule has 0 radical (unpaired) electrons. The number of hydrogen-bond acceptors (Lipinski definition) is 6. The number of piperazine rings is 1. The fraction of sp³-hybridized carbons (Fsp3) is 0.368. The van der Waals surface area contributed by atoms with Crippen LogP contribution in [-0.4, -0.2) is 55.8 Å². The van der Waals surface area contributed by atoms with Gasteiger partial charge in [0.2, 0.25) is 10.0 Å². The van der Waals surface area contributed by atoms with E-state index in [1.165, 1.54) is 34.7 Å². The van der Waals surface area contributed by atoms with Crippen molar-refractivity contribution in [3.63, 3.8) is 0 Å². The number of rotatable bonds is 6. The highest BCUT2D eigenvalue weighted by atomic mass is 32.2. The summed E-state index contributed by atoms with van der Waals surface area (Å²) in [4.78, 5) is 12.5. The van der Waals surface area contributed by atoms with Crippen LogP contribution in [0.1, 0.15) is 11.1 Å². The fourth-order valence-electron chi connectivity index (χ4n) is 3.28. The van der Waals surface area contributed by atoms with E-state index in [0.29, 0.717) is 26.2 Å². The Bertz CT molecular complexity index is 969. The average molecular weight is 405 g/mol. The summed E-state index contributed by atoms with van der Waals surface area (Å²) in [7, 11) is -2.54. The quantitative estimate of drug-likeness (QED) is 0.541. The predicted molar refractivity (Wildman–Crippen MR) is 105 cm³/mol. The van der Waals surface area contributed by atoms with Crippen LogP contribution in [0.15, 0.2) is 47.4 Å². The molecule has 0 unspecified atom stereocenters. The minimum atomic E-state index is -3.89. The minimum Gasteiger partial charge on any atom is -0.495 e. The summed E-state index contributed by atoms with van der Waals surface area (Å²) in [6.07, 6.45) is 0. The molecule has 28 heavy (non-hydrogen) atoms. The molecule has 1 heterocycles. The summed E-state index contributed by atoms with van der Waals surface area (Å²) >= 11 is 0. The summed E-state index contributed by atoms with van der Waals surface area (Å²) in [5, 5.41) is 11.0. The Balaban J connectivity index is 1.75. The van der Waals surface area contributed by atoms with Gasteiger partial charge >= 0.3 is 0 Å². The Morgan fingerprint density at radius 1 is 1.11 bits per heavy atom. The number of nitrogens with zero attached hydrogens (tertiary/aromatic N) is 3. The largest absolute Gasteiger partial charge is 0.495 e. The predicted octanol–water partition coefficient (Wildman–Crippen LogP) is 2.42. The van der Waals surface area contributed by atoms with Crippen LogP contribution in [0.3, 0.4) is 0 Å². The van der Waals surface area contributed by atoms with E-state index < -0.39 is 14.9 Å². The van der Waals surface area contributed by atoms with Crippen LogP contribution < -0.4 is 4.74 Å². The van der Waals surface area contributed by atoms with Gasteiger partial charge in [0.15, 0.2) is 0 Å². The van der Waals surface area contributed by atoms with Crippen LogP contribution in [-0.2, 0) is 16.6 Å². The van der Waals surface area contributed by atoms with Crippen molar-refractivity contribution < 1.29 is 18.1 Å². The van der Waals surface area contributed by atoms with Gasteiger partial charge in [-0.05, 0) is 24.1 Å². The molecule has 2 aromatic carbocycles. The maximum absolute atomic E-state index is 13.1. The molecule has 0 N–H and O–H groups in total. The first-order chi connectivity index (χ1) is 13.3. The van der Waals surface area contributed by atoms with E-state index >= 15 is 0 Å². The van der Waals surface area contributed by atoms with Gasteiger partial charge in [0.05, 0.1) is 12.0 Å². The van der Waals surface area contributed by atoms with E-state index in [4.69, 9.17) is 4.74 Å². The monoisotopic (exact) mass is 405 g/mol. The summed E-state index contributed by atoms with van der Waals surface area (Å²) in [5.41, 5.74) is 2.15. The van der Waals surface area contributed by atoms with E-state index in [1.54, 1.807) is 0 Å². The van der Waals surface area contributed by atoms with Crippen LogP contribution in [0, 0.1) is 17.0 Å². The molecular formula is C19H23N3O5S. The molecule has 8 nitrogen and oxygen atoms in total. The minimum absolute atomic E-state index is 0.105. The number of sulfonamides is 1. The van der Waals surface area contributed by atoms with Gasteiger partial charge in [0.1, 0.15) is 10.6 Å². The van der Waals surface area contributed by atoms with E-state index in [9.17, 15) is 18.5 Å². The molecule has 1 fully saturated rings. The molecule has 1 aliphatic heterocycles. The number of hydrogen-bond donors (Lipinski definition) is 0. The van der Waals surface area contributed by atoms with Gasteiger partial charge in [0.25, 0.3) is 5.69 Å². The van der Waals surface area contributed by atoms with Gasteiger partial charge in [0, 0.05) is 44.9 Å². The lowest BCUT2D eigenvalue weighted by atomic mass is 10.1. The second-order valence-corrected chi connectivity index (χ2v) is 8.61. The summed E-state index contributed by atoms with van der Waals surface area (Å²) in [6.45, 7) is 4.64. The molecule has 1 aliphatic rings. The van der Waals surface area contributed by atoms with Crippen molar-refractivity contribution in [2.45, 2.75) is 18.4 Å². The van der Waals surface area contributed by atoms with Crippen LogP contribution >= 0.6 is 0 Å². The lowest BCUT2D eigenvalue weighted by molar-refractivity contribution is -0.385. The first-order valence-corrected chi connectivity index (χ1v) is 10.4. The molecule has 0 bridgehead atoms. The van der Waals surface area contributed by atoms with Crippen molar-refractivity contribution in [2.75, 3.05) is 33.3 Å². The molecule has 1 saturated heterocycles. The summed E-state index contributed by atoms with van der Waals surface area (Å²) in [5.74, 6) is 0.105. The van der Waals surface area contributed by atoms with E-state index in [0.717, 1.165) is 12.6 Å². The highest BCUT2D eigenvalue weighted by molar-refractivity contribution is 7.89. The molecule has 0 aliphatic carbocycles. The van der Waals surface area contributed by atoms with Crippen LogP contribution in [0.4, 0.5) is 5.69 Å². The third-order valence-electron chi connectivity index (χ3n) is 4.96. The van der Waals surface area contributed by atoms with Crippen molar-refractivity contribution in [2.24, 2.45) is 0 Å². The van der Waals surface area contributed by atoms with Gasteiger partial charge in [-0.1, -0.05) is 24.3 Å². The highest BCUT2D eigenvalue weighted by Crippen LogP contribution is 2.31. The normalized spacial score (nSPS) is 16.1. The molecule has 3 rings (SSSR count). The molecule has 0 atom stereocenters. The topological polar surface area (TPSA) is 93.0 Å². The first-order valence-electron chi connectivity index (χ1n) is 8.92. The lowest BCUT2D eigenvalue weighted by Crippen LogP contribution is -2.48. The Kier molecular flexibility index (Phi) is 5.97. The number of nitro groups is 1. The van der Waals surface area contributed by atoms with Crippen LogP contribution in [0.25, 0.3) is 0 Å². The van der Waals surface area contributed by atoms with E-state index in [-0.39, 0.29) is 16.3 Å². The SMILES string of the molecule is COc1ccc([N+](=O)[O-])cc1S(=O)(=O)N1CCN(Cc2ccccc2C)CC1. The molecule has 0 spiro atoms. The molecule has 0 amide bonds. The van der Waals surface area contributed by atoms with Gasteiger partial charge in [-0.25, -0.2) is 8.42 Å². The average Bonchev–Trinajstić information content (AvgIpc) is 2.69. The number of aryl methyl sites for hydroxylation is 1. The fourth-order valence-corrected chi connectivity index (χ4v) is 4.87. The molecule has 2 aromatic rings. The number of benzene rings is 2. The molecule has 0 aromatic heterocycles. The zero-order valence-electron chi connectivity index (χ0n) is 15.9. The Morgan fingerprint density at radius 3 is 2.39 bits per heavy atom. The number of non-ortho nitro benzene ring substituents is 1. The Labute approximate surface area is 164 Å². The Morgan fingerprint density at radius 2 is 1.79 bits per heavy atom. The van der Waals surface area contributed by atoms with Gasteiger partial charge in [-0.3, -0.25) is 15.0 Å². The summed E-state index contributed by atoms with van der Waals surface area (Å²) in [6, 6.07) is 11.7. The van der Waals surface area contributed by atoms with E-state index in [1.807, 2.05) is 12.1 Å². The van der Waals surface area contributed by atoms with Crippen molar-refractivity contribution in [1.29, 1.82) is 0 Å². The maximum atomic E-state index is 13.1. The van der Waals surface area contributed by atoms with Crippen molar-refractivity contribution in [1.82, 2.24) is 9.21 Å². The van der Waals surface area contributed by atoms with Gasteiger partial charge in [-0.2, -0.15) is 4.31 Å². The maximum Gasteiger partial charge on any atom is 0.271 e. The van der Waals surface area contributed by atoms with Crippen LogP contribution in [0.5, 0.6) is 5.75 Å². The highest BCUT2D eigenvalue weighted by Gasteiger charge is 2.32. The standard InChI is InChI=1S/C19H23N3O5S/c1-15-5-3-4-6-16(15)14-20-9-11-21(12-10-20)28(25,26)19-13-17(22(23)24)7-8-18(19)27-2/h3-8,13H,9-12,14H2,1-2H3. The molecular weight excluding hydrogens is 382 g/mol.